The number of hydrogen-bond donors (Lipinski definition) is 0. The molecule has 0 aromatic carbocycles. The zero-order chi connectivity index (χ0) is 18.3. The lowest BCUT2D eigenvalue weighted by atomic mass is 9.88. The summed E-state index contributed by atoms with van der Waals surface area (Å²) in [4.78, 5) is 5.35. The van der Waals surface area contributed by atoms with E-state index in [2.05, 4.69) is 41.5 Å². The standard InChI is InChI=1S/C23H47N/c1-7-11-13-15-17-19-23(6,18-16-14-12-8-2)24-22(10-4)20-21(5)9-3/h21H,7-20H2,1-6H3/b24-22-. The minimum absolute atomic E-state index is 0.193. The van der Waals surface area contributed by atoms with Crippen LogP contribution in [0.25, 0.3) is 0 Å². The molecule has 144 valence electrons. The minimum Gasteiger partial charge on any atom is -0.288 e. The second-order valence-corrected chi connectivity index (χ2v) is 8.22. The first-order valence-electron chi connectivity index (χ1n) is 11.1. The van der Waals surface area contributed by atoms with Crippen molar-refractivity contribution in [2.45, 2.75) is 137 Å². The summed E-state index contributed by atoms with van der Waals surface area (Å²) in [6, 6.07) is 0. The van der Waals surface area contributed by atoms with E-state index in [9.17, 15) is 0 Å². The predicted molar refractivity (Wildman–Crippen MR) is 112 cm³/mol. The van der Waals surface area contributed by atoms with E-state index in [1.54, 1.807) is 0 Å². The Bertz CT molecular complexity index is 307. The van der Waals surface area contributed by atoms with Crippen molar-refractivity contribution in [2.24, 2.45) is 10.9 Å². The van der Waals surface area contributed by atoms with Gasteiger partial charge in [-0.3, -0.25) is 4.99 Å². The fourth-order valence-electron chi connectivity index (χ4n) is 3.48. The highest BCUT2D eigenvalue weighted by Gasteiger charge is 2.23. The van der Waals surface area contributed by atoms with Gasteiger partial charge < -0.3 is 0 Å². The molecule has 0 aliphatic carbocycles. The zero-order valence-corrected chi connectivity index (χ0v) is 17.9. The molecule has 0 aliphatic rings. The normalized spacial score (nSPS) is 16.2. The molecule has 0 aromatic heterocycles. The second kappa shape index (κ2) is 15.0. The Hall–Kier alpha value is -0.330. The molecule has 0 aliphatic heterocycles. The van der Waals surface area contributed by atoms with Crippen LogP contribution in [0, 0.1) is 5.92 Å². The molecule has 0 bridgehead atoms. The van der Waals surface area contributed by atoms with Gasteiger partial charge in [0.2, 0.25) is 0 Å². The average molecular weight is 338 g/mol. The van der Waals surface area contributed by atoms with E-state index in [-0.39, 0.29) is 5.54 Å². The van der Waals surface area contributed by atoms with Crippen LogP contribution in [0.2, 0.25) is 0 Å². The van der Waals surface area contributed by atoms with Gasteiger partial charge in [-0.15, -0.1) is 0 Å². The molecule has 1 heteroatoms. The summed E-state index contributed by atoms with van der Waals surface area (Å²) in [5, 5.41) is 0. The van der Waals surface area contributed by atoms with Crippen LogP contribution in [0.4, 0.5) is 0 Å². The van der Waals surface area contributed by atoms with Crippen molar-refractivity contribution in [3.8, 4) is 0 Å². The van der Waals surface area contributed by atoms with Gasteiger partial charge >= 0.3 is 0 Å². The largest absolute Gasteiger partial charge is 0.288 e. The van der Waals surface area contributed by atoms with Gasteiger partial charge in [-0.1, -0.05) is 98.8 Å². The van der Waals surface area contributed by atoms with Crippen molar-refractivity contribution in [2.75, 3.05) is 0 Å². The summed E-state index contributed by atoms with van der Waals surface area (Å²) >= 11 is 0. The molecule has 0 N–H and O–H groups in total. The van der Waals surface area contributed by atoms with E-state index in [0.717, 1.165) is 12.3 Å². The monoisotopic (exact) mass is 337 g/mol. The van der Waals surface area contributed by atoms with Crippen LogP contribution in [0.3, 0.4) is 0 Å². The van der Waals surface area contributed by atoms with Gasteiger partial charge in [0.1, 0.15) is 0 Å². The summed E-state index contributed by atoms with van der Waals surface area (Å²) in [5.74, 6) is 0.776. The van der Waals surface area contributed by atoms with Crippen molar-refractivity contribution in [3.05, 3.63) is 0 Å². The molecule has 0 heterocycles. The van der Waals surface area contributed by atoms with Gasteiger partial charge in [0, 0.05) is 5.71 Å². The highest BCUT2D eigenvalue weighted by atomic mass is 14.9. The Morgan fingerprint density at radius 3 is 1.75 bits per heavy atom. The molecule has 1 nitrogen and oxygen atoms in total. The third-order valence-corrected chi connectivity index (χ3v) is 5.50. The Morgan fingerprint density at radius 1 is 0.792 bits per heavy atom. The Morgan fingerprint density at radius 2 is 1.29 bits per heavy atom. The van der Waals surface area contributed by atoms with Crippen LogP contribution in [0.5, 0.6) is 0 Å². The lowest BCUT2D eigenvalue weighted by Crippen LogP contribution is -2.25. The van der Waals surface area contributed by atoms with Crippen LogP contribution >= 0.6 is 0 Å². The highest BCUT2D eigenvalue weighted by molar-refractivity contribution is 5.84. The topological polar surface area (TPSA) is 12.4 Å². The van der Waals surface area contributed by atoms with Crippen molar-refractivity contribution in [1.82, 2.24) is 0 Å². The molecular formula is C23H47N. The van der Waals surface area contributed by atoms with Crippen LogP contribution in [-0.4, -0.2) is 11.3 Å². The Kier molecular flexibility index (Phi) is 14.8. The Balaban J connectivity index is 4.72. The van der Waals surface area contributed by atoms with Gasteiger partial charge in [0.25, 0.3) is 0 Å². The van der Waals surface area contributed by atoms with Gasteiger partial charge in [-0.05, 0) is 38.5 Å². The first kappa shape index (κ1) is 23.7. The minimum atomic E-state index is 0.193. The van der Waals surface area contributed by atoms with Crippen LogP contribution in [0.15, 0.2) is 4.99 Å². The maximum atomic E-state index is 5.35. The number of aliphatic imine (C=N–C) groups is 1. The van der Waals surface area contributed by atoms with Crippen LogP contribution in [-0.2, 0) is 0 Å². The summed E-state index contributed by atoms with van der Waals surface area (Å²) in [6.07, 6.45) is 18.5. The summed E-state index contributed by atoms with van der Waals surface area (Å²) in [7, 11) is 0. The SMILES string of the molecule is CCCCCCCC(C)(CCCCCC)/N=C(/CC)CC(C)CC. The molecular weight excluding hydrogens is 290 g/mol. The molecule has 0 aromatic rings. The first-order chi connectivity index (χ1) is 11.5. The lowest BCUT2D eigenvalue weighted by Gasteiger charge is -2.28. The third-order valence-electron chi connectivity index (χ3n) is 5.50. The fourth-order valence-corrected chi connectivity index (χ4v) is 3.48. The number of rotatable bonds is 16. The van der Waals surface area contributed by atoms with Gasteiger partial charge in [0.15, 0.2) is 0 Å². The zero-order valence-electron chi connectivity index (χ0n) is 17.9. The molecule has 0 rings (SSSR count). The van der Waals surface area contributed by atoms with E-state index in [0.29, 0.717) is 0 Å². The quantitative estimate of drug-likeness (QED) is 0.198. The van der Waals surface area contributed by atoms with Crippen molar-refractivity contribution in [3.63, 3.8) is 0 Å². The van der Waals surface area contributed by atoms with Crippen molar-refractivity contribution < 1.29 is 0 Å². The van der Waals surface area contributed by atoms with Crippen LogP contribution < -0.4 is 0 Å². The molecule has 0 spiro atoms. The summed E-state index contributed by atoms with van der Waals surface area (Å²) in [6.45, 7) is 14.0. The van der Waals surface area contributed by atoms with E-state index >= 15 is 0 Å². The number of unbranched alkanes of at least 4 members (excludes halogenated alkanes) is 7. The molecule has 0 fully saturated rings. The predicted octanol–water partition coefficient (Wildman–Crippen LogP) is 8.36. The van der Waals surface area contributed by atoms with E-state index in [1.165, 1.54) is 89.2 Å². The molecule has 2 unspecified atom stereocenters. The fraction of sp³-hybridized carbons (Fsp3) is 0.957. The van der Waals surface area contributed by atoms with E-state index < -0.39 is 0 Å². The van der Waals surface area contributed by atoms with E-state index in [4.69, 9.17) is 4.99 Å². The van der Waals surface area contributed by atoms with Gasteiger partial charge in [-0.25, -0.2) is 0 Å². The van der Waals surface area contributed by atoms with Crippen molar-refractivity contribution >= 4 is 5.71 Å². The average Bonchev–Trinajstić information content (AvgIpc) is 2.58. The summed E-state index contributed by atoms with van der Waals surface area (Å²) < 4.78 is 0. The van der Waals surface area contributed by atoms with Crippen LogP contribution in [0.1, 0.15) is 131 Å². The molecule has 2 atom stereocenters. The lowest BCUT2D eigenvalue weighted by molar-refractivity contribution is 0.366. The molecule has 24 heavy (non-hydrogen) atoms. The van der Waals surface area contributed by atoms with Gasteiger partial charge in [-0.2, -0.15) is 0 Å². The molecule has 0 saturated heterocycles. The smallest absolute Gasteiger partial charge is 0.0579 e. The first-order valence-corrected chi connectivity index (χ1v) is 11.1. The molecule has 0 amide bonds. The molecule has 0 saturated carbocycles. The second-order valence-electron chi connectivity index (χ2n) is 8.22. The van der Waals surface area contributed by atoms with Crippen molar-refractivity contribution in [1.29, 1.82) is 0 Å². The molecule has 0 radical (unpaired) electrons. The summed E-state index contributed by atoms with van der Waals surface area (Å²) in [5.41, 5.74) is 1.66. The maximum Gasteiger partial charge on any atom is 0.0579 e. The highest BCUT2D eigenvalue weighted by Crippen LogP contribution is 2.28. The third kappa shape index (κ3) is 12.1. The maximum absolute atomic E-state index is 5.35. The van der Waals surface area contributed by atoms with E-state index in [1.807, 2.05) is 0 Å². The number of nitrogens with zero attached hydrogens (tertiary/aromatic N) is 1. The Labute approximate surface area is 154 Å². The number of hydrogen-bond acceptors (Lipinski definition) is 1. The van der Waals surface area contributed by atoms with Gasteiger partial charge in [0.05, 0.1) is 5.54 Å².